The molecular weight excluding hydrogens is 1640 g/mol. The van der Waals surface area contributed by atoms with Crippen molar-refractivity contribution in [3.8, 4) is 11.3 Å². The third kappa shape index (κ3) is 29.5. The first-order chi connectivity index (χ1) is 61.3. The van der Waals surface area contributed by atoms with Gasteiger partial charge in [-0.25, -0.2) is 24.2 Å². The van der Waals surface area contributed by atoms with Gasteiger partial charge < -0.3 is 113 Å². The highest BCUT2D eigenvalue weighted by Gasteiger charge is 2.53. The maximum absolute atomic E-state index is 15.0. The van der Waals surface area contributed by atoms with Crippen molar-refractivity contribution in [2.24, 2.45) is 35.5 Å². The van der Waals surface area contributed by atoms with Crippen LogP contribution in [0.5, 0.6) is 0 Å². The first-order valence-corrected chi connectivity index (χ1v) is 45.0. The SMILES string of the molecule is CO[C@H]1C[C@@H]2CC[C@@H](C)[C@@](O)(O2)C(=O)C(=O)N2CCCC[C@H]2C(=O)O[C@H]([C@H](C)C[C@@H]2CC[C@@H](O)[C@H](OC)C2)C[C@@H](OC(=O)NCCOCCOCCOCCOCCOCCOCCOCCOCCC(=O)N2CCc3cc(Cn4nc(-c5ccc6oc(N)nc6c5)c5c(N)ncnc54)ccc3C2)[C@H](C)/C=C(\C)[C@@H](O)[C@@H](OC)C(=O)[C@H](C)C[C@H](C)/C=C/C=CC=C1C. The Bertz CT molecular complexity index is 4460. The number of aliphatic hydroxyl groups is 3. The Morgan fingerprint density at radius 1 is 0.701 bits per heavy atom. The predicted molar refractivity (Wildman–Crippen MR) is 471 cm³/mol. The number of carbonyl (C=O) groups excluding carboxylic acids is 6. The molecule has 0 spiro atoms. The van der Waals surface area contributed by atoms with Crippen LogP contribution in [-0.4, -0.2) is 293 Å². The molecule has 1 saturated carbocycles. The van der Waals surface area contributed by atoms with E-state index in [1.807, 2.05) is 79.8 Å². The average Bonchev–Trinajstić information content (AvgIpc) is 1.14. The smallest absolute Gasteiger partial charge is 0.407 e. The van der Waals surface area contributed by atoms with Gasteiger partial charge in [0, 0.05) is 83.7 Å². The minimum absolute atomic E-state index is 0.0342. The molecule has 16 atom stereocenters. The summed E-state index contributed by atoms with van der Waals surface area (Å²) in [6.07, 6.45) is 10.9. The standard InChI is InChI=1S/C93H136N10O24/c1-59-16-12-11-13-17-60(2)76(113-8)54-71-24-19-65(7)93(112,127-71)86(108)89(109)102-30-15-14-18-73(102)90(110)124-77(62(4)50-66-21-25-74(104)79(52-66)114-9)55-78(61(3)49-64(6)84(107)85(115-10)83(106)63(5)48-59)126-92(111)96-29-33-117-35-37-119-39-41-121-43-45-123-47-46-122-44-42-120-40-38-118-36-34-116-32-28-80(105)101-31-27-68-51-67(20-22-70(68)57-101)56-103-88-81(87(94)97-58-98-88)82(100-103)69-23-26-75-72(53-69)99-91(95)125-75/h11-13,16-17,20,22-23,26,49,51,53,58-59,61-63,65-66,71,73-74,76-79,84-85,104,107,112H,14-15,18-19,21,24-25,27-48,50,52,54-57H2,1-10H3,(H2,95,99)(H,96,111)(H2,94,97,98)/b13-11?,16-12+,60-17?,64-49+/t59-,61-,62-,63-,65-,66+,71+,73+,74-,76+,77+,78-,79-,84-,85+,93-/m1/s1. The predicted octanol–water partition coefficient (Wildman–Crippen LogP) is 8.97. The van der Waals surface area contributed by atoms with E-state index >= 15 is 4.79 Å². The molecule has 702 valence electrons. The number of fused-ring (bicyclic) bond motifs is 6. The fraction of sp³-hybridized carbons (Fsp3) is 0.656. The van der Waals surface area contributed by atoms with E-state index in [-0.39, 0.29) is 88.1 Å². The monoisotopic (exact) mass is 1780 g/mol. The zero-order valence-corrected chi connectivity index (χ0v) is 75.6. The number of Topliss-reactive ketones (excluding diaryl/α,β-unsaturated/α-hetero) is 2. The van der Waals surface area contributed by atoms with Crippen molar-refractivity contribution < 1.29 is 115 Å². The lowest BCUT2D eigenvalue weighted by Crippen LogP contribution is -2.61. The van der Waals surface area contributed by atoms with Crippen molar-refractivity contribution in [1.82, 2.24) is 39.8 Å². The third-order valence-corrected chi connectivity index (χ3v) is 24.7. The number of nitrogens with zero attached hydrogens (tertiary/aromatic N) is 7. The highest BCUT2D eigenvalue weighted by molar-refractivity contribution is 6.39. The van der Waals surface area contributed by atoms with Crippen LogP contribution in [0.15, 0.2) is 94.7 Å². The fourth-order valence-electron chi connectivity index (χ4n) is 17.3. The zero-order chi connectivity index (χ0) is 90.9. The van der Waals surface area contributed by atoms with Crippen molar-refractivity contribution in [1.29, 1.82) is 0 Å². The van der Waals surface area contributed by atoms with Gasteiger partial charge in [-0.2, -0.15) is 10.1 Å². The number of piperidine rings is 1. The quantitative estimate of drug-likeness (QED) is 0.00934. The lowest BCUT2D eigenvalue weighted by atomic mass is 9.78. The summed E-state index contributed by atoms with van der Waals surface area (Å²) in [5.41, 5.74) is 19.9. The van der Waals surface area contributed by atoms with Gasteiger partial charge in [0.2, 0.25) is 11.7 Å². The van der Waals surface area contributed by atoms with Crippen LogP contribution < -0.4 is 16.8 Å². The van der Waals surface area contributed by atoms with Gasteiger partial charge in [-0.15, -0.1) is 0 Å². The Morgan fingerprint density at radius 2 is 1.38 bits per heavy atom. The summed E-state index contributed by atoms with van der Waals surface area (Å²) in [4.78, 5) is 102. The van der Waals surface area contributed by atoms with Crippen molar-refractivity contribution in [3.05, 3.63) is 107 Å². The molecule has 10 rings (SSSR count). The van der Waals surface area contributed by atoms with Gasteiger partial charge in [-0.05, 0) is 148 Å². The number of nitrogens with one attached hydrogen (secondary N) is 1. The van der Waals surface area contributed by atoms with Crippen molar-refractivity contribution in [3.63, 3.8) is 0 Å². The van der Waals surface area contributed by atoms with Crippen LogP contribution >= 0.6 is 0 Å². The Morgan fingerprint density at radius 3 is 2.05 bits per heavy atom. The topological polar surface area (TPSA) is 433 Å². The number of carbonyl (C=O) groups is 6. The van der Waals surface area contributed by atoms with E-state index in [4.69, 9.17) is 87.3 Å². The second-order valence-corrected chi connectivity index (χ2v) is 34.1. The molecule has 5 aromatic rings. The Kier molecular flexibility index (Phi) is 40.5. The number of nitrogens with two attached hydrogens (primary N) is 2. The second-order valence-electron chi connectivity index (χ2n) is 34.1. The van der Waals surface area contributed by atoms with E-state index < -0.39 is 108 Å². The number of hydrogen-bond donors (Lipinski definition) is 6. The molecule has 4 aliphatic heterocycles. The number of allylic oxidation sites excluding steroid dienone is 5. The molecule has 3 aromatic heterocycles. The first kappa shape index (κ1) is 101. The van der Waals surface area contributed by atoms with E-state index in [0.29, 0.717) is 203 Å². The summed E-state index contributed by atoms with van der Waals surface area (Å²) in [5.74, 6) is -7.84. The largest absolute Gasteiger partial charge is 0.460 e. The van der Waals surface area contributed by atoms with E-state index in [1.54, 1.807) is 47.1 Å². The molecule has 1 aliphatic carbocycles. The number of amides is 3. The molecule has 0 unspecified atom stereocenters. The summed E-state index contributed by atoms with van der Waals surface area (Å²) in [6.45, 7) is 19.7. The normalized spacial score (nSPS) is 26.9. The number of aliphatic hydroxyl groups excluding tert-OH is 2. The first-order valence-electron chi connectivity index (χ1n) is 45.0. The average molecular weight is 1780 g/mol. The molecule has 3 amide bonds. The number of oxazole rings is 1. The molecule has 3 fully saturated rings. The summed E-state index contributed by atoms with van der Waals surface area (Å²) < 4.78 is 89.2. The van der Waals surface area contributed by atoms with E-state index in [2.05, 4.69) is 38.5 Å². The van der Waals surface area contributed by atoms with E-state index in [9.17, 15) is 39.3 Å². The van der Waals surface area contributed by atoms with Crippen LogP contribution in [0.4, 0.5) is 16.6 Å². The number of ketones is 2. The Hall–Kier alpha value is -8.56. The summed E-state index contributed by atoms with van der Waals surface area (Å²) in [5, 5.41) is 43.4. The number of ether oxygens (including phenoxy) is 14. The van der Waals surface area contributed by atoms with E-state index in [0.717, 1.165) is 28.7 Å². The minimum Gasteiger partial charge on any atom is -0.460 e. The number of cyclic esters (lactones) is 1. The third-order valence-electron chi connectivity index (χ3n) is 24.7. The molecule has 2 aromatic carbocycles. The minimum atomic E-state index is -2.50. The van der Waals surface area contributed by atoms with Crippen LogP contribution in [0.1, 0.15) is 149 Å². The molecule has 34 heteroatoms. The Balaban J connectivity index is 0.603. The number of benzene rings is 2. The molecule has 5 aliphatic rings. The fourth-order valence-corrected chi connectivity index (χ4v) is 17.3. The maximum atomic E-state index is 15.0. The van der Waals surface area contributed by atoms with Crippen LogP contribution in [0.25, 0.3) is 33.4 Å². The number of aromatic nitrogens is 5. The number of hydrogen-bond acceptors (Lipinski definition) is 30. The van der Waals surface area contributed by atoms with Gasteiger partial charge >= 0.3 is 12.1 Å². The maximum Gasteiger partial charge on any atom is 0.407 e. The highest BCUT2D eigenvalue weighted by Crippen LogP contribution is 2.40. The van der Waals surface area contributed by atoms with Gasteiger partial charge in [0.15, 0.2) is 17.0 Å². The molecular formula is C93H136N10O24. The van der Waals surface area contributed by atoms with Crippen LogP contribution in [0, 0.1) is 35.5 Å². The second kappa shape index (κ2) is 51.1. The van der Waals surface area contributed by atoms with Crippen molar-refractivity contribution >= 4 is 69.4 Å². The zero-order valence-electron chi connectivity index (χ0n) is 75.6. The van der Waals surface area contributed by atoms with Crippen molar-refractivity contribution in [2.75, 3.05) is 158 Å². The number of esters is 1. The van der Waals surface area contributed by atoms with Gasteiger partial charge in [-0.3, -0.25) is 19.2 Å². The number of methoxy groups -OCH3 is 3. The summed E-state index contributed by atoms with van der Waals surface area (Å²) in [7, 11) is 4.51. The Labute approximate surface area is 744 Å². The number of nitrogen functional groups attached to an aromatic ring is 2. The molecule has 0 radical (unpaired) electrons. The van der Waals surface area contributed by atoms with E-state index in [1.165, 1.54) is 23.9 Å². The van der Waals surface area contributed by atoms with Gasteiger partial charge in [0.25, 0.3) is 17.7 Å². The molecule has 7 heterocycles. The molecule has 127 heavy (non-hydrogen) atoms. The molecule has 34 nitrogen and oxygen atoms in total. The highest BCUT2D eigenvalue weighted by atomic mass is 16.6. The van der Waals surface area contributed by atoms with Crippen LogP contribution in [0.3, 0.4) is 0 Å². The molecule has 8 N–H and O–H groups in total. The van der Waals surface area contributed by atoms with Crippen LogP contribution in [-0.2, 0) is 110 Å². The van der Waals surface area contributed by atoms with Crippen molar-refractivity contribution in [2.45, 2.75) is 212 Å². The summed E-state index contributed by atoms with van der Waals surface area (Å²) in [6, 6.07) is 10.7. The lowest BCUT2D eigenvalue weighted by Gasteiger charge is -2.43. The molecule has 2 bridgehead atoms. The van der Waals surface area contributed by atoms with Crippen LogP contribution in [0.2, 0.25) is 0 Å². The number of alkyl carbamates (subject to hydrolysis) is 1. The lowest BCUT2D eigenvalue weighted by molar-refractivity contribution is -0.265. The number of rotatable bonds is 37. The van der Waals surface area contributed by atoms with Gasteiger partial charge in [0.1, 0.15) is 53.8 Å². The van der Waals surface area contributed by atoms with Gasteiger partial charge in [0.05, 0.1) is 148 Å². The van der Waals surface area contributed by atoms with Gasteiger partial charge in [-0.1, -0.05) is 89.3 Å². The number of anilines is 2. The molecule has 2 saturated heterocycles. The summed E-state index contributed by atoms with van der Waals surface area (Å²) >= 11 is 0.